The molecule has 2 N–H and O–H groups in total. The van der Waals surface area contributed by atoms with Crippen molar-refractivity contribution in [3.63, 3.8) is 0 Å². The molecule has 0 aliphatic heterocycles. The summed E-state index contributed by atoms with van der Waals surface area (Å²) >= 11 is 7.85. The van der Waals surface area contributed by atoms with Gasteiger partial charge in [-0.1, -0.05) is 47.7 Å². The van der Waals surface area contributed by atoms with E-state index in [4.69, 9.17) is 17.3 Å². The molecule has 0 aliphatic carbocycles. The first-order valence-electron chi connectivity index (χ1n) is 6.49. The molecule has 0 radical (unpaired) electrons. The summed E-state index contributed by atoms with van der Waals surface area (Å²) in [5.41, 5.74) is 8.18. The molecule has 0 saturated heterocycles. The number of rotatable bonds is 4. The number of hydrogen-bond donors (Lipinski definition) is 1. The molecule has 0 spiro atoms. The number of nitrogens with two attached hydrogens (primary N) is 1. The molecular weight excluding hydrogens is 305 g/mol. The van der Waals surface area contributed by atoms with Gasteiger partial charge in [0.25, 0.3) is 0 Å². The topological polar surface area (TPSA) is 26.0 Å². The predicted molar refractivity (Wildman–Crippen MR) is 88.8 cm³/mol. The summed E-state index contributed by atoms with van der Waals surface area (Å²) in [5, 5.41) is 0.771. The van der Waals surface area contributed by atoms with Gasteiger partial charge in [0.1, 0.15) is 5.82 Å². The Balaban J connectivity index is 2.05. The van der Waals surface area contributed by atoms with Gasteiger partial charge in [0.05, 0.1) is 6.54 Å². The maximum atomic E-state index is 13.3. The summed E-state index contributed by atoms with van der Waals surface area (Å²) in [6.07, 6.45) is 0. The second-order valence-corrected chi connectivity index (χ2v) is 5.78. The highest BCUT2D eigenvalue weighted by Crippen LogP contribution is 2.24. The Morgan fingerprint density at radius 2 is 1.86 bits per heavy atom. The van der Waals surface area contributed by atoms with Gasteiger partial charge in [0.2, 0.25) is 0 Å². The molecular formula is C17H15ClFNS. The van der Waals surface area contributed by atoms with Gasteiger partial charge in [-0.2, -0.15) is 11.8 Å². The molecule has 0 aromatic heterocycles. The molecule has 0 bridgehead atoms. The smallest absolute Gasteiger partial charge is 0.124 e. The lowest BCUT2D eigenvalue weighted by Crippen LogP contribution is -1.95. The molecule has 0 heterocycles. The van der Waals surface area contributed by atoms with Crippen LogP contribution in [-0.4, -0.2) is 6.54 Å². The van der Waals surface area contributed by atoms with E-state index in [1.54, 1.807) is 17.8 Å². The molecule has 108 valence electrons. The average molecular weight is 320 g/mol. The summed E-state index contributed by atoms with van der Waals surface area (Å²) in [7, 11) is 0. The Hall–Kier alpha value is -1.47. The molecule has 2 rings (SSSR count). The Labute approximate surface area is 133 Å². The molecule has 0 fully saturated rings. The van der Waals surface area contributed by atoms with Crippen molar-refractivity contribution >= 4 is 23.4 Å². The van der Waals surface area contributed by atoms with Gasteiger partial charge in [0, 0.05) is 22.1 Å². The Bertz CT molecular complexity index is 676. The lowest BCUT2D eigenvalue weighted by atomic mass is 10.1. The molecule has 21 heavy (non-hydrogen) atoms. The average Bonchev–Trinajstić information content (AvgIpc) is 2.49. The highest BCUT2D eigenvalue weighted by atomic mass is 35.5. The Morgan fingerprint density at radius 1 is 1.10 bits per heavy atom. The van der Waals surface area contributed by atoms with E-state index >= 15 is 0 Å². The second kappa shape index (κ2) is 8.09. The molecule has 0 unspecified atom stereocenters. The first-order valence-corrected chi connectivity index (χ1v) is 8.02. The highest BCUT2D eigenvalue weighted by molar-refractivity contribution is 7.97. The summed E-state index contributed by atoms with van der Waals surface area (Å²) in [6.45, 7) is 0.267. The van der Waals surface area contributed by atoms with Crippen LogP contribution >= 0.6 is 23.4 Å². The van der Waals surface area contributed by atoms with Crippen LogP contribution in [0, 0.1) is 17.7 Å². The number of benzene rings is 2. The van der Waals surface area contributed by atoms with E-state index in [-0.39, 0.29) is 12.4 Å². The second-order valence-electron chi connectivity index (χ2n) is 4.39. The summed E-state index contributed by atoms with van der Waals surface area (Å²) in [5.74, 6) is 6.96. The van der Waals surface area contributed by atoms with E-state index in [0.29, 0.717) is 5.56 Å². The number of hydrogen-bond acceptors (Lipinski definition) is 2. The largest absolute Gasteiger partial charge is 0.320 e. The van der Waals surface area contributed by atoms with Gasteiger partial charge in [-0.25, -0.2) is 4.39 Å². The van der Waals surface area contributed by atoms with Crippen molar-refractivity contribution in [2.24, 2.45) is 5.73 Å². The van der Waals surface area contributed by atoms with Crippen LogP contribution in [0.2, 0.25) is 5.02 Å². The zero-order valence-corrected chi connectivity index (χ0v) is 13.0. The zero-order chi connectivity index (χ0) is 15.1. The Kier molecular flexibility index (Phi) is 6.13. The third kappa shape index (κ3) is 4.78. The minimum atomic E-state index is -0.281. The highest BCUT2D eigenvalue weighted by Gasteiger charge is 2.04. The van der Waals surface area contributed by atoms with E-state index in [1.165, 1.54) is 12.1 Å². The molecule has 2 aromatic rings. The van der Waals surface area contributed by atoms with E-state index in [1.807, 2.05) is 24.3 Å². The van der Waals surface area contributed by atoms with Crippen molar-refractivity contribution in [1.82, 2.24) is 0 Å². The van der Waals surface area contributed by atoms with Crippen molar-refractivity contribution < 1.29 is 4.39 Å². The minimum absolute atomic E-state index is 0.267. The van der Waals surface area contributed by atoms with E-state index in [2.05, 4.69) is 11.8 Å². The standard InChI is InChI=1S/C17H15ClFNS/c18-17-6-2-1-4-15(17)12-21-11-14-7-8-16(19)10-13(14)5-3-9-20/h1-2,4,6-8,10H,9,11-12,20H2. The number of halogens is 2. The quantitative estimate of drug-likeness (QED) is 0.854. The molecule has 0 amide bonds. The first kappa shape index (κ1) is 15.9. The fourth-order valence-corrected chi connectivity index (χ4v) is 3.15. The molecule has 4 heteroatoms. The van der Waals surface area contributed by atoms with Crippen LogP contribution in [0.25, 0.3) is 0 Å². The fraction of sp³-hybridized carbons (Fsp3) is 0.176. The maximum Gasteiger partial charge on any atom is 0.124 e. The zero-order valence-electron chi connectivity index (χ0n) is 11.4. The van der Waals surface area contributed by atoms with Crippen molar-refractivity contribution in [3.05, 3.63) is 70.0 Å². The van der Waals surface area contributed by atoms with Crippen LogP contribution in [0.3, 0.4) is 0 Å². The predicted octanol–water partition coefficient (Wildman–Crippen LogP) is 4.22. The van der Waals surface area contributed by atoms with E-state index in [9.17, 15) is 4.39 Å². The van der Waals surface area contributed by atoms with Crippen LogP contribution < -0.4 is 5.73 Å². The molecule has 2 aromatic carbocycles. The van der Waals surface area contributed by atoms with Gasteiger partial charge in [-0.15, -0.1) is 0 Å². The van der Waals surface area contributed by atoms with Crippen LogP contribution in [-0.2, 0) is 11.5 Å². The van der Waals surface area contributed by atoms with E-state index < -0.39 is 0 Å². The maximum absolute atomic E-state index is 13.3. The molecule has 0 aliphatic rings. The molecule has 1 nitrogen and oxygen atoms in total. The fourth-order valence-electron chi connectivity index (χ4n) is 1.82. The third-order valence-corrected chi connectivity index (χ3v) is 4.27. The van der Waals surface area contributed by atoms with Crippen molar-refractivity contribution in [2.75, 3.05) is 6.54 Å². The SMILES string of the molecule is NCC#Cc1cc(F)ccc1CSCc1ccccc1Cl. The summed E-state index contributed by atoms with van der Waals surface area (Å²) in [6, 6.07) is 12.5. The van der Waals surface area contributed by atoms with Crippen molar-refractivity contribution in [1.29, 1.82) is 0 Å². The summed E-state index contributed by atoms with van der Waals surface area (Å²) in [4.78, 5) is 0. The van der Waals surface area contributed by atoms with Crippen molar-refractivity contribution in [3.8, 4) is 11.8 Å². The van der Waals surface area contributed by atoms with Gasteiger partial charge in [-0.3, -0.25) is 0 Å². The van der Waals surface area contributed by atoms with Gasteiger partial charge < -0.3 is 5.73 Å². The Morgan fingerprint density at radius 3 is 2.62 bits per heavy atom. The lowest BCUT2D eigenvalue weighted by Gasteiger charge is -2.06. The number of thioether (sulfide) groups is 1. The van der Waals surface area contributed by atoms with Crippen LogP contribution in [0.1, 0.15) is 16.7 Å². The lowest BCUT2D eigenvalue weighted by molar-refractivity contribution is 0.627. The summed E-state index contributed by atoms with van der Waals surface area (Å²) < 4.78 is 13.3. The van der Waals surface area contributed by atoms with Crippen LogP contribution in [0.15, 0.2) is 42.5 Å². The van der Waals surface area contributed by atoms with Crippen LogP contribution in [0.5, 0.6) is 0 Å². The molecule has 0 atom stereocenters. The van der Waals surface area contributed by atoms with Gasteiger partial charge in [0.15, 0.2) is 0 Å². The third-order valence-electron chi connectivity index (χ3n) is 2.87. The van der Waals surface area contributed by atoms with Gasteiger partial charge in [-0.05, 0) is 29.3 Å². The molecule has 0 saturated carbocycles. The first-order chi connectivity index (χ1) is 10.2. The van der Waals surface area contributed by atoms with E-state index in [0.717, 1.165) is 27.7 Å². The van der Waals surface area contributed by atoms with Gasteiger partial charge >= 0.3 is 0 Å². The van der Waals surface area contributed by atoms with Crippen LogP contribution in [0.4, 0.5) is 4.39 Å². The minimum Gasteiger partial charge on any atom is -0.320 e. The monoisotopic (exact) mass is 319 g/mol. The van der Waals surface area contributed by atoms with Crippen molar-refractivity contribution in [2.45, 2.75) is 11.5 Å². The normalized spacial score (nSPS) is 10.0.